The molecule has 4 nitrogen and oxygen atoms in total. The lowest BCUT2D eigenvalue weighted by atomic mass is 9.97. The van der Waals surface area contributed by atoms with E-state index in [9.17, 15) is 15.2 Å². The quantitative estimate of drug-likeness (QED) is 0.484. The van der Waals surface area contributed by atoms with Gasteiger partial charge in [-0.3, -0.25) is 10.1 Å². The number of hydrogen-bond acceptors (Lipinski definition) is 3. The molecule has 0 rings (SSSR count). The van der Waals surface area contributed by atoms with E-state index in [2.05, 4.69) is 0 Å². The molecule has 0 amide bonds. The molecule has 0 fully saturated rings. The van der Waals surface area contributed by atoms with Crippen molar-refractivity contribution in [3.05, 3.63) is 10.1 Å². The molecule has 0 heterocycles. The summed E-state index contributed by atoms with van der Waals surface area (Å²) in [7, 11) is 0. The van der Waals surface area contributed by atoms with Crippen molar-refractivity contribution in [2.24, 2.45) is 5.92 Å². The fraction of sp³-hybridized carbons (Fsp3) is 1.00. The Morgan fingerprint density at radius 1 is 1.45 bits per heavy atom. The van der Waals surface area contributed by atoms with Gasteiger partial charge in [0.25, 0.3) is 0 Å². The molecule has 4 heteroatoms. The van der Waals surface area contributed by atoms with Crippen LogP contribution in [-0.2, 0) is 0 Å². The summed E-state index contributed by atoms with van der Waals surface area (Å²) < 4.78 is 0. The smallest absolute Gasteiger partial charge is 0.229 e. The van der Waals surface area contributed by atoms with Crippen molar-refractivity contribution < 1.29 is 10.0 Å². The molecule has 0 aliphatic rings. The summed E-state index contributed by atoms with van der Waals surface area (Å²) in [6.07, 6.45) is 0.816. The largest absolute Gasteiger partial charge is 0.386 e. The summed E-state index contributed by atoms with van der Waals surface area (Å²) in [6, 6.07) is 0. The van der Waals surface area contributed by atoms with Crippen molar-refractivity contribution >= 4 is 0 Å². The van der Waals surface area contributed by atoms with Crippen molar-refractivity contribution in [1.82, 2.24) is 0 Å². The molecule has 1 N–H and O–H groups in total. The van der Waals surface area contributed by atoms with Crippen LogP contribution >= 0.6 is 0 Å². The van der Waals surface area contributed by atoms with Crippen LogP contribution in [-0.4, -0.2) is 22.7 Å². The lowest BCUT2D eigenvalue weighted by molar-refractivity contribution is -0.492. The molecular weight excluding hydrogens is 146 g/mol. The summed E-state index contributed by atoms with van der Waals surface area (Å²) in [5.41, 5.74) is 0. The third-order valence-electron chi connectivity index (χ3n) is 1.93. The molecular formula is C7H15NO3. The van der Waals surface area contributed by atoms with Gasteiger partial charge in [0.1, 0.15) is 6.10 Å². The van der Waals surface area contributed by atoms with Gasteiger partial charge in [0.15, 0.2) is 0 Å². The highest BCUT2D eigenvalue weighted by Gasteiger charge is 2.19. The van der Waals surface area contributed by atoms with Gasteiger partial charge in [-0.05, 0) is 5.92 Å². The van der Waals surface area contributed by atoms with E-state index in [1.54, 1.807) is 0 Å². The standard InChI is InChI=1S/C7H15NO3/c1-3-6(4-2)7(9)5-8(10)11/h6-7,9H,3-5H2,1-2H3/t7-/m0/s1. The van der Waals surface area contributed by atoms with Crippen molar-refractivity contribution in [1.29, 1.82) is 0 Å². The van der Waals surface area contributed by atoms with E-state index in [4.69, 9.17) is 0 Å². The van der Waals surface area contributed by atoms with Gasteiger partial charge in [-0.25, -0.2) is 0 Å². The molecule has 0 radical (unpaired) electrons. The third kappa shape index (κ3) is 3.93. The van der Waals surface area contributed by atoms with Crippen LogP contribution in [0.2, 0.25) is 0 Å². The summed E-state index contributed by atoms with van der Waals surface area (Å²) in [5, 5.41) is 19.2. The maximum atomic E-state index is 9.99. The SMILES string of the molecule is CCC(CC)[C@@H](O)C[N+](=O)[O-]. The Morgan fingerprint density at radius 3 is 2.18 bits per heavy atom. The lowest BCUT2D eigenvalue weighted by Gasteiger charge is -2.15. The van der Waals surface area contributed by atoms with E-state index in [0.29, 0.717) is 0 Å². The molecule has 11 heavy (non-hydrogen) atoms. The van der Waals surface area contributed by atoms with Crippen LogP contribution in [0.3, 0.4) is 0 Å². The highest BCUT2D eigenvalue weighted by Crippen LogP contribution is 2.12. The number of aliphatic hydroxyl groups is 1. The van der Waals surface area contributed by atoms with Crippen molar-refractivity contribution in [2.75, 3.05) is 6.54 Å². The molecule has 0 aliphatic heterocycles. The Morgan fingerprint density at radius 2 is 1.91 bits per heavy atom. The minimum Gasteiger partial charge on any atom is -0.386 e. The van der Waals surface area contributed by atoms with Gasteiger partial charge in [0.05, 0.1) is 0 Å². The number of rotatable bonds is 5. The van der Waals surface area contributed by atoms with E-state index in [-0.39, 0.29) is 12.5 Å². The third-order valence-corrected chi connectivity index (χ3v) is 1.93. The van der Waals surface area contributed by atoms with Gasteiger partial charge in [-0.15, -0.1) is 0 Å². The minimum absolute atomic E-state index is 0.0698. The molecule has 0 unspecified atom stereocenters. The first-order valence-corrected chi connectivity index (χ1v) is 3.91. The zero-order valence-corrected chi connectivity index (χ0v) is 6.99. The predicted octanol–water partition coefficient (Wildman–Crippen LogP) is 1.06. The van der Waals surface area contributed by atoms with Gasteiger partial charge in [-0.2, -0.15) is 0 Å². The molecule has 66 valence electrons. The van der Waals surface area contributed by atoms with Gasteiger partial charge in [0.2, 0.25) is 6.54 Å². The summed E-state index contributed by atoms with van der Waals surface area (Å²) in [6.45, 7) is 3.53. The van der Waals surface area contributed by atoms with Gasteiger partial charge in [0, 0.05) is 4.92 Å². The highest BCUT2D eigenvalue weighted by atomic mass is 16.6. The predicted molar refractivity (Wildman–Crippen MR) is 41.9 cm³/mol. The van der Waals surface area contributed by atoms with E-state index in [1.807, 2.05) is 13.8 Å². The highest BCUT2D eigenvalue weighted by molar-refractivity contribution is 4.64. The average molecular weight is 161 g/mol. The van der Waals surface area contributed by atoms with E-state index in [0.717, 1.165) is 12.8 Å². The van der Waals surface area contributed by atoms with Crippen LogP contribution in [0.5, 0.6) is 0 Å². The Kier molecular flexibility index (Phi) is 4.77. The molecule has 0 saturated carbocycles. The molecule has 0 saturated heterocycles. The van der Waals surface area contributed by atoms with Gasteiger partial charge >= 0.3 is 0 Å². The molecule has 0 bridgehead atoms. The van der Waals surface area contributed by atoms with Crippen LogP contribution in [0.15, 0.2) is 0 Å². The van der Waals surface area contributed by atoms with Crippen LogP contribution in [0.4, 0.5) is 0 Å². The molecule has 0 aliphatic carbocycles. The second kappa shape index (κ2) is 5.07. The van der Waals surface area contributed by atoms with Gasteiger partial charge in [-0.1, -0.05) is 26.7 Å². The maximum absolute atomic E-state index is 9.99. The first kappa shape index (κ1) is 10.4. The van der Waals surface area contributed by atoms with Crippen molar-refractivity contribution in [3.8, 4) is 0 Å². The zero-order chi connectivity index (χ0) is 8.85. The second-order valence-electron chi connectivity index (χ2n) is 2.66. The molecule has 0 aromatic rings. The Balaban J connectivity index is 3.78. The van der Waals surface area contributed by atoms with E-state index >= 15 is 0 Å². The maximum Gasteiger partial charge on any atom is 0.229 e. The van der Waals surface area contributed by atoms with E-state index in [1.165, 1.54) is 0 Å². The first-order valence-electron chi connectivity index (χ1n) is 3.91. The number of hydrogen-bond donors (Lipinski definition) is 1. The number of aliphatic hydroxyl groups excluding tert-OH is 1. The molecule has 0 aromatic heterocycles. The molecule has 0 spiro atoms. The minimum atomic E-state index is -0.778. The zero-order valence-electron chi connectivity index (χ0n) is 6.99. The van der Waals surface area contributed by atoms with Crippen LogP contribution in [0.25, 0.3) is 0 Å². The van der Waals surface area contributed by atoms with Crippen LogP contribution in [0.1, 0.15) is 26.7 Å². The van der Waals surface area contributed by atoms with Crippen molar-refractivity contribution in [2.45, 2.75) is 32.8 Å². The average Bonchev–Trinajstić information content (AvgIpc) is 1.88. The van der Waals surface area contributed by atoms with Crippen LogP contribution < -0.4 is 0 Å². The van der Waals surface area contributed by atoms with Crippen molar-refractivity contribution in [3.63, 3.8) is 0 Å². The van der Waals surface area contributed by atoms with Gasteiger partial charge < -0.3 is 5.11 Å². The summed E-state index contributed by atoms with van der Waals surface area (Å²) in [4.78, 5) is 9.52. The fourth-order valence-electron chi connectivity index (χ4n) is 1.13. The second-order valence-corrected chi connectivity index (χ2v) is 2.66. The summed E-state index contributed by atoms with van der Waals surface area (Å²) in [5.74, 6) is 0.0698. The fourth-order valence-corrected chi connectivity index (χ4v) is 1.13. The Hall–Kier alpha value is -0.640. The summed E-state index contributed by atoms with van der Waals surface area (Å²) >= 11 is 0. The van der Waals surface area contributed by atoms with Crippen LogP contribution in [0, 0.1) is 16.0 Å². The normalized spacial score (nSPS) is 13.5. The lowest BCUT2D eigenvalue weighted by Crippen LogP contribution is -2.27. The molecule has 0 aromatic carbocycles. The Bertz CT molecular complexity index is 123. The number of nitro groups is 1. The topological polar surface area (TPSA) is 63.4 Å². The molecule has 1 atom stereocenters. The monoisotopic (exact) mass is 161 g/mol. The Labute approximate surface area is 66.4 Å². The first-order chi connectivity index (χ1) is 5.11. The number of nitrogens with zero attached hydrogens (tertiary/aromatic N) is 1. The van der Waals surface area contributed by atoms with E-state index < -0.39 is 11.0 Å².